The Balaban J connectivity index is 2.06. The molecule has 0 unspecified atom stereocenters. The quantitative estimate of drug-likeness (QED) is 0.566. The molecular formula is C15H21NO2. The lowest BCUT2D eigenvalue weighted by atomic mass is 10.1. The van der Waals surface area contributed by atoms with Crippen molar-refractivity contribution >= 4 is 12.0 Å². The van der Waals surface area contributed by atoms with E-state index in [-0.39, 0.29) is 5.97 Å². The molecule has 0 aliphatic carbocycles. The summed E-state index contributed by atoms with van der Waals surface area (Å²) in [6.45, 7) is 7.25. The van der Waals surface area contributed by atoms with Gasteiger partial charge in [-0.15, -0.1) is 0 Å². The maximum absolute atomic E-state index is 10.5. The monoisotopic (exact) mass is 247 g/mol. The molecule has 1 aromatic carbocycles. The van der Waals surface area contributed by atoms with Crippen molar-refractivity contribution in [3.05, 3.63) is 42.0 Å². The van der Waals surface area contributed by atoms with Crippen LogP contribution in [-0.4, -0.2) is 25.7 Å². The Morgan fingerprint density at radius 1 is 1.33 bits per heavy atom. The highest BCUT2D eigenvalue weighted by Crippen LogP contribution is 2.07. The highest BCUT2D eigenvalue weighted by molar-refractivity contribution is 5.65. The van der Waals surface area contributed by atoms with E-state index in [0.29, 0.717) is 6.61 Å². The topological polar surface area (TPSA) is 38.3 Å². The fourth-order valence-corrected chi connectivity index (χ4v) is 1.63. The van der Waals surface area contributed by atoms with Crippen molar-refractivity contribution in [2.24, 2.45) is 0 Å². The molecule has 0 aliphatic heterocycles. The van der Waals surface area contributed by atoms with E-state index in [0.717, 1.165) is 31.5 Å². The third-order valence-corrected chi connectivity index (χ3v) is 2.62. The van der Waals surface area contributed by atoms with Gasteiger partial charge in [0, 0.05) is 13.5 Å². The summed E-state index contributed by atoms with van der Waals surface area (Å²) in [5, 5.41) is 3.24. The van der Waals surface area contributed by atoms with E-state index >= 15 is 0 Å². The molecule has 1 N–H and O–H groups in total. The molecule has 3 nitrogen and oxygen atoms in total. The third kappa shape index (κ3) is 6.21. The van der Waals surface area contributed by atoms with Crippen molar-refractivity contribution < 1.29 is 9.53 Å². The van der Waals surface area contributed by atoms with Crippen molar-refractivity contribution in [2.45, 2.75) is 19.8 Å². The van der Waals surface area contributed by atoms with Crippen LogP contribution in [0, 0.1) is 0 Å². The minimum atomic E-state index is -0.223. The van der Waals surface area contributed by atoms with Crippen LogP contribution >= 0.6 is 0 Å². The number of carbonyl (C=O) groups is 1. The first kappa shape index (κ1) is 14.5. The van der Waals surface area contributed by atoms with Crippen LogP contribution in [0.15, 0.2) is 30.8 Å². The molecule has 0 radical (unpaired) electrons. The zero-order chi connectivity index (χ0) is 13.2. The molecule has 0 aliphatic rings. The van der Waals surface area contributed by atoms with Gasteiger partial charge in [-0.3, -0.25) is 4.79 Å². The summed E-state index contributed by atoms with van der Waals surface area (Å²) in [4.78, 5) is 10.5. The van der Waals surface area contributed by atoms with Crippen LogP contribution in [0.2, 0.25) is 0 Å². The number of nitrogens with one attached hydrogen (secondary N) is 1. The van der Waals surface area contributed by atoms with E-state index in [1.807, 2.05) is 6.08 Å². The standard InChI is InChI=1S/C15H21NO2/c1-3-14-6-8-15(9-7-14)5-4-10-16-11-12-18-13(2)17/h3,6-9,16H,1,4-5,10-12H2,2H3. The third-order valence-electron chi connectivity index (χ3n) is 2.62. The average Bonchev–Trinajstić information content (AvgIpc) is 2.38. The van der Waals surface area contributed by atoms with E-state index in [4.69, 9.17) is 4.74 Å². The van der Waals surface area contributed by atoms with Gasteiger partial charge in [-0.2, -0.15) is 0 Å². The summed E-state index contributed by atoms with van der Waals surface area (Å²) in [5.74, 6) is -0.223. The van der Waals surface area contributed by atoms with Gasteiger partial charge in [0.2, 0.25) is 0 Å². The van der Waals surface area contributed by atoms with Gasteiger partial charge in [-0.1, -0.05) is 36.9 Å². The van der Waals surface area contributed by atoms with Gasteiger partial charge in [-0.05, 0) is 30.5 Å². The minimum Gasteiger partial charge on any atom is -0.465 e. The summed E-state index contributed by atoms with van der Waals surface area (Å²) >= 11 is 0. The van der Waals surface area contributed by atoms with Crippen molar-refractivity contribution in [1.29, 1.82) is 0 Å². The molecule has 1 aromatic rings. The summed E-state index contributed by atoms with van der Waals surface area (Å²) in [6.07, 6.45) is 3.98. The van der Waals surface area contributed by atoms with Gasteiger partial charge in [0.05, 0.1) is 0 Å². The fourth-order valence-electron chi connectivity index (χ4n) is 1.63. The molecule has 0 bridgehead atoms. The Bertz CT molecular complexity index is 371. The van der Waals surface area contributed by atoms with Crippen molar-refractivity contribution in [2.75, 3.05) is 19.7 Å². The fraction of sp³-hybridized carbons (Fsp3) is 0.400. The second-order valence-corrected chi connectivity index (χ2v) is 4.14. The second-order valence-electron chi connectivity index (χ2n) is 4.14. The molecular weight excluding hydrogens is 226 g/mol. The zero-order valence-electron chi connectivity index (χ0n) is 10.9. The minimum absolute atomic E-state index is 0.223. The molecule has 0 atom stereocenters. The molecule has 18 heavy (non-hydrogen) atoms. The van der Waals surface area contributed by atoms with E-state index in [1.165, 1.54) is 12.5 Å². The number of rotatable bonds is 8. The summed E-state index contributed by atoms with van der Waals surface area (Å²) in [5.41, 5.74) is 2.49. The summed E-state index contributed by atoms with van der Waals surface area (Å²) in [6, 6.07) is 8.43. The molecule has 0 spiro atoms. The first-order valence-corrected chi connectivity index (χ1v) is 6.28. The highest BCUT2D eigenvalue weighted by Gasteiger charge is 1.95. The second kappa shape index (κ2) is 8.48. The van der Waals surface area contributed by atoms with E-state index < -0.39 is 0 Å². The van der Waals surface area contributed by atoms with Crippen LogP contribution in [0.5, 0.6) is 0 Å². The number of benzene rings is 1. The molecule has 0 fully saturated rings. The van der Waals surface area contributed by atoms with Gasteiger partial charge < -0.3 is 10.1 Å². The van der Waals surface area contributed by atoms with E-state index in [1.54, 1.807) is 0 Å². The molecule has 3 heteroatoms. The van der Waals surface area contributed by atoms with Gasteiger partial charge in [0.15, 0.2) is 0 Å². The average molecular weight is 247 g/mol. The van der Waals surface area contributed by atoms with Crippen molar-refractivity contribution in [3.8, 4) is 0 Å². The maximum Gasteiger partial charge on any atom is 0.302 e. The Morgan fingerprint density at radius 2 is 2.06 bits per heavy atom. The van der Waals surface area contributed by atoms with Crippen molar-refractivity contribution in [1.82, 2.24) is 5.32 Å². The van der Waals surface area contributed by atoms with Crippen LogP contribution in [0.25, 0.3) is 6.08 Å². The summed E-state index contributed by atoms with van der Waals surface area (Å²) in [7, 11) is 0. The molecule has 0 amide bonds. The Kier molecular flexibility index (Phi) is 6.81. The van der Waals surface area contributed by atoms with Crippen molar-refractivity contribution in [3.63, 3.8) is 0 Å². The van der Waals surface area contributed by atoms with Crippen LogP contribution in [0.4, 0.5) is 0 Å². The molecule has 0 heterocycles. The SMILES string of the molecule is C=Cc1ccc(CCCNCCOC(C)=O)cc1. The molecule has 0 aromatic heterocycles. The van der Waals surface area contributed by atoms with Gasteiger partial charge >= 0.3 is 5.97 Å². The predicted molar refractivity (Wildman–Crippen MR) is 74.4 cm³/mol. The number of hydrogen-bond acceptors (Lipinski definition) is 3. The number of aryl methyl sites for hydroxylation is 1. The lowest BCUT2D eigenvalue weighted by molar-refractivity contribution is -0.140. The van der Waals surface area contributed by atoms with E-state index in [9.17, 15) is 4.79 Å². The van der Waals surface area contributed by atoms with Crippen LogP contribution in [0.3, 0.4) is 0 Å². The Hall–Kier alpha value is -1.61. The van der Waals surface area contributed by atoms with Gasteiger partial charge in [0.1, 0.15) is 6.61 Å². The lowest BCUT2D eigenvalue weighted by Gasteiger charge is -2.05. The lowest BCUT2D eigenvalue weighted by Crippen LogP contribution is -2.22. The number of hydrogen-bond donors (Lipinski definition) is 1. The zero-order valence-corrected chi connectivity index (χ0v) is 10.9. The normalized spacial score (nSPS) is 10.1. The van der Waals surface area contributed by atoms with Crippen LogP contribution in [0.1, 0.15) is 24.5 Å². The largest absolute Gasteiger partial charge is 0.465 e. The summed E-state index contributed by atoms with van der Waals surface area (Å²) < 4.78 is 4.82. The van der Waals surface area contributed by atoms with Gasteiger partial charge in [-0.25, -0.2) is 0 Å². The maximum atomic E-state index is 10.5. The molecule has 0 saturated carbocycles. The first-order valence-electron chi connectivity index (χ1n) is 6.28. The van der Waals surface area contributed by atoms with Gasteiger partial charge in [0.25, 0.3) is 0 Å². The van der Waals surface area contributed by atoms with Crippen LogP contribution in [-0.2, 0) is 16.0 Å². The molecule has 1 rings (SSSR count). The first-order chi connectivity index (χ1) is 8.72. The van der Waals surface area contributed by atoms with E-state index in [2.05, 4.69) is 36.2 Å². The Morgan fingerprint density at radius 3 is 2.67 bits per heavy atom. The molecule has 98 valence electrons. The number of carbonyl (C=O) groups excluding carboxylic acids is 1. The predicted octanol–water partition coefficient (Wildman–Crippen LogP) is 2.41. The smallest absolute Gasteiger partial charge is 0.302 e. The number of ether oxygens (including phenoxy) is 1. The number of esters is 1. The van der Waals surface area contributed by atoms with Crippen LogP contribution < -0.4 is 5.32 Å². The Labute approximate surface area is 109 Å². The molecule has 0 saturated heterocycles. The highest BCUT2D eigenvalue weighted by atomic mass is 16.5.